The van der Waals surface area contributed by atoms with Crippen molar-refractivity contribution in [1.82, 2.24) is 5.32 Å². The average Bonchev–Trinajstić information content (AvgIpc) is 2.32. The lowest BCUT2D eigenvalue weighted by Crippen LogP contribution is -2.37. The predicted octanol–water partition coefficient (Wildman–Crippen LogP) is 3.65. The molecule has 1 atom stereocenters. The average molecular weight is 271 g/mol. The van der Waals surface area contributed by atoms with Crippen LogP contribution in [0, 0.1) is 5.41 Å². The van der Waals surface area contributed by atoms with Crippen LogP contribution in [0.3, 0.4) is 0 Å². The third-order valence-electron chi connectivity index (χ3n) is 3.32. The Kier molecular flexibility index (Phi) is 9.94. The number of nitrogens with one attached hydrogen (secondary N) is 1. The van der Waals surface area contributed by atoms with Crippen molar-refractivity contribution < 1.29 is 9.90 Å². The fraction of sp³-hybridized carbons (Fsp3) is 0.938. The highest BCUT2D eigenvalue weighted by atomic mass is 16.3. The minimum atomic E-state index is -0.0537. The van der Waals surface area contributed by atoms with Gasteiger partial charge in [-0.2, -0.15) is 0 Å². The van der Waals surface area contributed by atoms with E-state index in [4.69, 9.17) is 0 Å². The van der Waals surface area contributed by atoms with Gasteiger partial charge in [0.15, 0.2) is 0 Å². The molecule has 0 aromatic carbocycles. The third kappa shape index (κ3) is 12.2. The van der Waals surface area contributed by atoms with Gasteiger partial charge in [0.25, 0.3) is 0 Å². The molecule has 0 aliphatic carbocycles. The number of carbonyl (C=O) groups excluding carboxylic acids is 1. The fourth-order valence-electron chi connectivity index (χ4n) is 2.08. The van der Waals surface area contributed by atoms with E-state index in [0.29, 0.717) is 11.8 Å². The molecule has 0 spiro atoms. The lowest BCUT2D eigenvalue weighted by molar-refractivity contribution is -0.122. The minimum absolute atomic E-state index is 0.0514. The molecule has 0 aliphatic rings. The summed E-state index contributed by atoms with van der Waals surface area (Å²) in [5.41, 5.74) is 0.393. The second-order valence-corrected chi connectivity index (χ2v) is 6.71. The van der Waals surface area contributed by atoms with Gasteiger partial charge in [0.05, 0.1) is 12.6 Å². The molecule has 3 heteroatoms. The molecule has 0 aliphatic heterocycles. The van der Waals surface area contributed by atoms with Crippen molar-refractivity contribution in [2.24, 2.45) is 5.41 Å². The van der Waals surface area contributed by atoms with E-state index in [0.717, 1.165) is 32.1 Å². The Balaban J connectivity index is 3.62. The summed E-state index contributed by atoms with van der Waals surface area (Å²) in [4.78, 5) is 11.7. The van der Waals surface area contributed by atoms with Crippen LogP contribution in [0.15, 0.2) is 0 Å². The Morgan fingerprint density at radius 1 is 1.16 bits per heavy atom. The van der Waals surface area contributed by atoms with Crippen LogP contribution in [0.5, 0.6) is 0 Å². The molecule has 1 unspecified atom stereocenters. The molecule has 0 bridgehead atoms. The van der Waals surface area contributed by atoms with Gasteiger partial charge < -0.3 is 10.4 Å². The molecular weight excluding hydrogens is 238 g/mol. The topological polar surface area (TPSA) is 49.3 Å². The molecular formula is C16H33NO2. The molecule has 0 heterocycles. The molecule has 0 aromatic rings. The Morgan fingerprint density at radius 2 is 1.84 bits per heavy atom. The zero-order valence-corrected chi connectivity index (χ0v) is 13.3. The fourth-order valence-corrected chi connectivity index (χ4v) is 2.08. The third-order valence-corrected chi connectivity index (χ3v) is 3.32. The largest absolute Gasteiger partial charge is 0.394 e. The maximum atomic E-state index is 11.7. The highest BCUT2D eigenvalue weighted by molar-refractivity contribution is 5.76. The van der Waals surface area contributed by atoms with Crippen molar-refractivity contribution in [3.63, 3.8) is 0 Å². The van der Waals surface area contributed by atoms with Crippen LogP contribution in [0.1, 0.15) is 79.1 Å². The SMILES string of the molecule is CCCCC(CO)NC(=O)CCCCCC(C)(C)C. The molecule has 0 radical (unpaired) electrons. The van der Waals surface area contributed by atoms with Crippen LogP contribution in [0.4, 0.5) is 0 Å². The maximum Gasteiger partial charge on any atom is 0.220 e. The van der Waals surface area contributed by atoms with Gasteiger partial charge in [-0.3, -0.25) is 4.79 Å². The van der Waals surface area contributed by atoms with E-state index in [1.807, 2.05) is 0 Å². The molecule has 0 rings (SSSR count). The van der Waals surface area contributed by atoms with Crippen LogP contribution in [-0.4, -0.2) is 23.7 Å². The summed E-state index contributed by atoms with van der Waals surface area (Å²) in [6.07, 6.45) is 8.09. The van der Waals surface area contributed by atoms with Gasteiger partial charge in [0.1, 0.15) is 0 Å². The van der Waals surface area contributed by atoms with Gasteiger partial charge in [-0.15, -0.1) is 0 Å². The van der Waals surface area contributed by atoms with Crippen LogP contribution >= 0.6 is 0 Å². The van der Waals surface area contributed by atoms with Gasteiger partial charge in [-0.05, 0) is 24.7 Å². The first-order valence-electron chi connectivity index (χ1n) is 7.79. The van der Waals surface area contributed by atoms with Gasteiger partial charge in [-0.25, -0.2) is 0 Å². The van der Waals surface area contributed by atoms with Crippen molar-refractivity contribution in [3.05, 3.63) is 0 Å². The smallest absolute Gasteiger partial charge is 0.220 e. The van der Waals surface area contributed by atoms with Crippen LogP contribution < -0.4 is 5.32 Å². The number of aliphatic hydroxyl groups is 1. The molecule has 114 valence electrons. The number of unbranched alkanes of at least 4 members (excludes halogenated alkanes) is 3. The second-order valence-electron chi connectivity index (χ2n) is 6.71. The van der Waals surface area contributed by atoms with E-state index >= 15 is 0 Å². The number of rotatable bonds is 10. The molecule has 0 saturated heterocycles. The Morgan fingerprint density at radius 3 is 2.37 bits per heavy atom. The first-order chi connectivity index (χ1) is 8.89. The maximum absolute atomic E-state index is 11.7. The second kappa shape index (κ2) is 10.2. The standard InChI is InChI=1S/C16H33NO2/c1-5-6-10-14(13-18)17-15(19)11-8-7-9-12-16(2,3)4/h14,18H,5-13H2,1-4H3,(H,17,19). The number of carbonyl (C=O) groups is 1. The summed E-state index contributed by atoms with van der Waals surface area (Å²) in [6.45, 7) is 8.92. The molecule has 3 nitrogen and oxygen atoms in total. The summed E-state index contributed by atoms with van der Waals surface area (Å²) in [6, 6.07) is -0.0537. The highest BCUT2D eigenvalue weighted by Gasteiger charge is 2.11. The quantitative estimate of drug-likeness (QED) is 0.596. The molecule has 2 N–H and O–H groups in total. The van der Waals surface area contributed by atoms with E-state index in [1.54, 1.807) is 0 Å². The zero-order chi connectivity index (χ0) is 14.7. The number of hydrogen-bond acceptors (Lipinski definition) is 2. The van der Waals surface area contributed by atoms with E-state index in [-0.39, 0.29) is 18.6 Å². The summed E-state index contributed by atoms with van der Waals surface area (Å²) >= 11 is 0. The molecule has 0 fully saturated rings. The first-order valence-corrected chi connectivity index (χ1v) is 7.79. The molecule has 0 saturated carbocycles. The van der Waals surface area contributed by atoms with Crippen molar-refractivity contribution in [3.8, 4) is 0 Å². The van der Waals surface area contributed by atoms with E-state index in [2.05, 4.69) is 33.0 Å². The van der Waals surface area contributed by atoms with Crippen LogP contribution in [0.2, 0.25) is 0 Å². The Bertz CT molecular complexity index is 233. The molecule has 19 heavy (non-hydrogen) atoms. The summed E-state index contributed by atoms with van der Waals surface area (Å²) in [7, 11) is 0. The number of hydrogen-bond donors (Lipinski definition) is 2. The monoisotopic (exact) mass is 271 g/mol. The van der Waals surface area contributed by atoms with E-state index < -0.39 is 0 Å². The lowest BCUT2D eigenvalue weighted by atomic mass is 9.89. The Hall–Kier alpha value is -0.570. The molecule has 1 amide bonds. The van der Waals surface area contributed by atoms with Crippen molar-refractivity contribution in [2.75, 3.05) is 6.61 Å². The first kappa shape index (κ1) is 18.4. The number of amides is 1. The summed E-state index contributed by atoms with van der Waals surface area (Å²) in [5.74, 6) is 0.0888. The summed E-state index contributed by atoms with van der Waals surface area (Å²) in [5, 5.41) is 12.1. The summed E-state index contributed by atoms with van der Waals surface area (Å²) < 4.78 is 0. The number of aliphatic hydroxyl groups excluding tert-OH is 1. The van der Waals surface area contributed by atoms with Gasteiger partial charge in [-0.1, -0.05) is 53.4 Å². The van der Waals surface area contributed by atoms with Crippen molar-refractivity contribution in [2.45, 2.75) is 85.1 Å². The Labute approximate surface area is 119 Å². The van der Waals surface area contributed by atoms with E-state index in [1.165, 1.54) is 12.8 Å². The van der Waals surface area contributed by atoms with Crippen LogP contribution in [-0.2, 0) is 4.79 Å². The minimum Gasteiger partial charge on any atom is -0.394 e. The van der Waals surface area contributed by atoms with Gasteiger partial charge in [0, 0.05) is 6.42 Å². The van der Waals surface area contributed by atoms with E-state index in [9.17, 15) is 9.90 Å². The van der Waals surface area contributed by atoms with Crippen molar-refractivity contribution >= 4 is 5.91 Å². The lowest BCUT2D eigenvalue weighted by Gasteiger charge is -2.18. The van der Waals surface area contributed by atoms with Gasteiger partial charge >= 0.3 is 0 Å². The normalized spacial score (nSPS) is 13.3. The van der Waals surface area contributed by atoms with Gasteiger partial charge in [0.2, 0.25) is 5.91 Å². The van der Waals surface area contributed by atoms with Crippen molar-refractivity contribution in [1.29, 1.82) is 0 Å². The van der Waals surface area contributed by atoms with Crippen LogP contribution in [0.25, 0.3) is 0 Å². The molecule has 0 aromatic heterocycles. The predicted molar refractivity (Wildman–Crippen MR) is 81.1 cm³/mol. The highest BCUT2D eigenvalue weighted by Crippen LogP contribution is 2.22. The zero-order valence-electron chi connectivity index (χ0n) is 13.3.